The highest BCUT2D eigenvalue weighted by atomic mass is 32.2. The van der Waals surface area contributed by atoms with Crippen molar-refractivity contribution in [3.63, 3.8) is 0 Å². The summed E-state index contributed by atoms with van der Waals surface area (Å²) in [5.41, 5.74) is 1.38. The average molecular weight is 426 g/mol. The molecular weight excluding hydrogens is 402 g/mol. The molecule has 0 spiro atoms. The van der Waals surface area contributed by atoms with Gasteiger partial charge in [0, 0.05) is 6.54 Å². The molecule has 1 amide bonds. The Kier molecular flexibility index (Phi) is 7.30. The van der Waals surface area contributed by atoms with Gasteiger partial charge in [0.05, 0.1) is 16.7 Å². The zero-order chi connectivity index (χ0) is 20.8. The van der Waals surface area contributed by atoms with Crippen LogP contribution in [0.2, 0.25) is 0 Å². The molecule has 0 saturated heterocycles. The van der Waals surface area contributed by atoms with Crippen LogP contribution in [0.3, 0.4) is 0 Å². The summed E-state index contributed by atoms with van der Waals surface area (Å²) in [5.74, 6) is -0.601. The summed E-state index contributed by atoms with van der Waals surface area (Å²) >= 11 is 0. The Balaban J connectivity index is 1.91. The molecule has 0 aliphatic carbocycles. The van der Waals surface area contributed by atoms with Gasteiger partial charge in [0.1, 0.15) is 0 Å². The van der Waals surface area contributed by atoms with Gasteiger partial charge in [-0.05, 0) is 37.2 Å². The van der Waals surface area contributed by atoms with Crippen LogP contribution >= 0.6 is 0 Å². The highest BCUT2D eigenvalue weighted by molar-refractivity contribution is 7.89. The first kappa shape index (κ1) is 22.0. The number of nitrogens with one attached hydrogen (secondary N) is 3. The zero-order valence-corrected chi connectivity index (χ0v) is 17.2. The van der Waals surface area contributed by atoms with Gasteiger partial charge in [-0.1, -0.05) is 42.5 Å². The van der Waals surface area contributed by atoms with Crippen LogP contribution in [-0.2, 0) is 37.1 Å². The predicted octanol–water partition coefficient (Wildman–Crippen LogP) is 0.719. The third-order valence-corrected chi connectivity index (χ3v) is 6.83. The molecule has 3 N–H and O–H groups in total. The Morgan fingerprint density at radius 3 is 2.07 bits per heavy atom. The monoisotopic (exact) mass is 425 g/mol. The standard InChI is InChI=1S/C18H23N3O5S2/c1-14(21-28(25,26)17-6-4-3-5-7-17)18(22)20-12-15-8-10-16(11-9-15)13-27(23,24)19-2/h3-11,14,19,21H,12-13H2,1-2H3,(H,20,22)/t14-/m0/s1. The van der Waals surface area contributed by atoms with Crippen molar-refractivity contribution in [1.29, 1.82) is 0 Å². The van der Waals surface area contributed by atoms with E-state index in [9.17, 15) is 21.6 Å². The van der Waals surface area contributed by atoms with Gasteiger partial charge in [-0.3, -0.25) is 4.79 Å². The molecule has 0 aromatic heterocycles. The summed E-state index contributed by atoms with van der Waals surface area (Å²) in [4.78, 5) is 12.3. The second kappa shape index (κ2) is 9.28. The number of carbonyl (C=O) groups is 1. The van der Waals surface area contributed by atoms with E-state index >= 15 is 0 Å². The SMILES string of the molecule is CNS(=O)(=O)Cc1ccc(CNC(=O)[C@H](C)NS(=O)(=O)c2ccccc2)cc1. The Hall–Kier alpha value is -2.27. The van der Waals surface area contributed by atoms with Crippen molar-refractivity contribution in [2.75, 3.05) is 7.05 Å². The summed E-state index contributed by atoms with van der Waals surface area (Å²) in [7, 11) is -5.78. The van der Waals surface area contributed by atoms with Crippen LogP contribution in [0.25, 0.3) is 0 Å². The predicted molar refractivity (Wildman–Crippen MR) is 106 cm³/mol. The van der Waals surface area contributed by atoms with Crippen molar-refractivity contribution in [2.24, 2.45) is 0 Å². The Morgan fingerprint density at radius 1 is 0.929 bits per heavy atom. The first-order chi connectivity index (χ1) is 13.1. The second-order valence-corrected chi connectivity index (χ2v) is 9.79. The van der Waals surface area contributed by atoms with Crippen LogP contribution < -0.4 is 14.8 Å². The summed E-state index contributed by atoms with van der Waals surface area (Å²) in [5, 5.41) is 2.66. The maximum absolute atomic E-state index is 12.3. The van der Waals surface area contributed by atoms with E-state index in [1.54, 1.807) is 42.5 Å². The molecule has 2 aromatic carbocycles. The molecule has 0 aliphatic heterocycles. The molecule has 0 bridgehead atoms. The highest BCUT2D eigenvalue weighted by Gasteiger charge is 2.21. The summed E-state index contributed by atoms with van der Waals surface area (Å²) in [6, 6.07) is 13.6. The number of sulfonamides is 2. The van der Waals surface area contributed by atoms with E-state index in [2.05, 4.69) is 14.8 Å². The van der Waals surface area contributed by atoms with Crippen LogP contribution in [-0.4, -0.2) is 35.8 Å². The van der Waals surface area contributed by atoms with E-state index in [1.807, 2.05) is 0 Å². The minimum absolute atomic E-state index is 0.0850. The van der Waals surface area contributed by atoms with Gasteiger partial charge in [-0.15, -0.1) is 0 Å². The number of amides is 1. The van der Waals surface area contributed by atoms with Gasteiger partial charge >= 0.3 is 0 Å². The third-order valence-electron chi connectivity index (χ3n) is 3.94. The lowest BCUT2D eigenvalue weighted by Crippen LogP contribution is -2.44. The maximum atomic E-state index is 12.3. The van der Waals surface area contributed by atoms with E-state index in [0.717, 1.165) is 5.56 Å². The molecular formula is C18H23N3O5S2. The minimum atomic E-state index is -3.79. The number of hydrogen-bond acceptors (Lipinski definition) is 5. The molecule has 2 aromatic rings. The fourth-order valence-electron chi connectivity index (χ4n) is 2.34. The molecule has 0 saturated carbocycles. The van der Waals surface area contributed by atoms with Crippen LogP contribution in [0.15, 0.2) is 59.5 Å². The molecule has 0 radical (unpaired) electrons. The van der Waals surface area contributed by atoms with Crippen LogP contribution in [0.5, 0.6) is 0 Å². The van der Waals surface area contributed by atoms with Crippen LogP contribution in [0, 0.1) is 0 Å². The van der Waals surface area contributed by atoms with E-state index in [-0.39, 0.29) is 17.2 Å². The second-order valence-electron chi connectivity index (χ2n) is 6.15. The van der Waals surface area contributed by atoms with Gasteiger partial charge in [0.25, 0.3) is 0 Å². The van der Waals surface area contributed by atoms with E-state index < -0.39 is 32.0 Å². The molecule has 8 nitrogen and oxygen atoms in total. The Bertz CT molecular complexity index is 1000. The summed E-state index contributed by atoms with van der Waals surface area (Å²) in [6.07, 6.45) is 0. The normalized spacial score (nSPS) is 13.1. The zero-order valence-electron chi connectivity index (χ0n) is 15.5. The lowest BCUT2D eigenvalue weighted by atomic mass is 10.1. The fourth-order valence-corrected chi connectivity index (χ4v) is 4.34. The van der Waals surface area contributed by atoms with Gasteiger partial charge < -0.3 is 5.32 Å². The van der Waals surface area contributed by atoms with Crippen molar-refractivity contribution in [3.8, 4) is 0 Å². The van der Waals surface area contributed by atoms with Crippen molar-refractivity contribution in [3.05, 3.63) is 65.7 Å². The lowest BCUT2D eigenvalue weighted by molar-refractivity contribution is -0.122. The van der Waals surface area contributed by atoms with E-state index in [4.69, 9.17) is 0 Å². The first-order valence-electron chi connectivity index (χ1n) is 8.47. The molecule has 2 rings (SSSR count). The van der Waals surface area contributed by atoms with Crippen LogP contribution in [0.1, 0.15) is 18.1 Å². The first-order valence-corrected chi connectivity index (χ1v) is 11.6. The Labute approximate surface area is 165 Å². The molecule has 28 heavy (non-hydrogen) atoms. The summed E-state index contributed by atoms with van der Waals surface area (Å²) in [6.45, 7) is 1.65. The molecule has 10 heteroatoms. The molecule has 0 heterocycles. The van der Waals surface area contributed by atoms with Crippen molar-refractivity contribution in [1.82, 2.24) is 14.8 Å². The van der Waals surface area contributed by atoms with E-state index in [1.165, 1.54) is 26.1 Å². The fraction of sp³-hybridized carbons (Fsp3) is 0.278. The van der Waals surface area contributed by atoms with Gasteiger partial charge in [0.2, 0.25) is 26.0 Å². The van der Waals surface area contributed by atoms with Crippen molar-refractivity contribution >= 4 is 26.0 Å². The van der Waals surface area contributed by atoms with Gasteiger partial charge in [-0.25, -0.2) is 21.6 Å². The lowest BCUT2D eigenvalue weighted by Gasteiger charge is -2.14. The number of benzene rings is 2. The largest absolute Gasteiger partial charge is 0.351 e. The minimum Gasteiger partial charge on any atom is -0.351 e. The quantitative estimate of drug-likeness (QED) is 0.547. The maximum Gasteiger partial charge on any atom is 0.241 e. The highest BCUT2D eigenvalue weighted by Crippen LogP contribution is 2.09. The topological polar surface area (TPSA) is 121 Å². The molecule has 0 aliphatic rings. The molecule has 152 valence electrons. The molecule has 0 unspecified atom stereocenters. The summed E-state index contributed by atoms with van der Waals surface area (Å²) < 4.78 is 52.2. The van der Waals surface area contributed by atoms with E-state index in [0.29, 0.717) is 5.56 Å². The third kappa shape index (κ3) is 6.41. The number of rotatable bonds is 9. The number of carbonyl (C=O) groups excluding carboxylic acids is 1. The van der Waals surface area contributed by atoms with Gasteiger partial charge in [0.15, 0.2) is 0 Å². The Morgan fingerprint density at radius 2 is 1.50 bits per heavy atom. The number of hydrogen-bond donors (Lipinski definition) is 3. The molecule has 1 atom stereocenters. The smallest absolute Gasteiger partial charge is 0.241 e. The average Bonchev–Trinajstić information content (AvgIpc) is 2.67. The van der Waals surface area contributed by atoms with Gasteiger partial charge in [-0.2, -0.15) is 4.72 Å². The van der Waals surface area contributed by atoms with Crippen molar-refractivity contribution in [2.45, 2.75) is 30.2 Å². The van der Waals surface area contributed by atoms with Crippen LogP contribution in [0.4, 0.5) is 0 Å². The van der Waals surface area contributed by atoms with Crippen molar-refractivity contribution < 1.29 is 21.6 Å². The molecule has 0 fully saturated rings.